The van der Waals surface area contributed by atoms with E-state index in [-0.39, 0.29) is 0 Å². The van der Waals surface area contributed by atoms with E-state index in [1.807, 2.05) is 0 Å². The van der Waals surface area contributed by atoms with Crippen LogP contribution in [0, 0.1) is 0 Å². The number of aromatic nitrogens is 1. The highest BCUT2D eigenvalue weighted by molar-refractivity contribution is 6.23. The van der Waals surface area contributed by atoms with Gasteiger partial charge in [0.2, 0.25) is 0 Å². The summed E-state index contributed by atoms with van der Waals surface area (Å²) in [5.74, 6) is 0. The van der Waals surface area contributed by atoms with Crippen LogP contribution in [0.15, 0.2) is 199 Å². The molecule has 0 saturated carbocycles. The van der Waals surface area contributed by atoms with Gasteiger partial charge < -0.3 is 13.9 Å². The van der Waals surface area contributed by atoms with Gasteiger partial charge in [-0.05, 0) is 70.3 Å². The zero-order chi connectivity index (χ0) is 34.9. The zero-order valence-electron chi connectivity index (χ0n) is 28.8. The third-order valence-electron chi connectivity index (χ3n) is 10.7. The number of benzene rings is 9. The summed E-state index contributed by atoms with van der Waals surface area (Å²) in [6.45, 7) is 0. The van der Waals surface area contributed by atoms with E-state index in [0.29, 0.717) is 0 Å². The molecule has 3 nitrogen and oxygen atoms in total. The average molecular weight is 677 g/mol. The fourth-order valence-electron chi connectivity index (χ4n) is 8.48. The van der Waals surface area contributed by atoms with Crippen LogP contribution >= 0.6 is 0 Å². The van der Waals surface area contributed by atoms with Crippen LogP contribution in [0.25, 0.3) is 82.1 Å². The van der Waals surface area contributed by atoms with Crippen molar-refractivity contribution < 1.29 is 4.42 Å². The highest BCUT2D eigenvalue weighted by atomic mass is 16.3. The van der Waals surface area contributed by atoms with Crippen molar-refractivity contribution in [1.82, 2.24) is 4.57 Å². The topological polar surface area (TPSA) is 21.3 Å². The standard InChI is InChI=1S/C50H32N2O/c1-3-15-33(16-4-1)38-31-32-44(48-41-23-10-12-28-46(41)53-50(38)48)52(43-26-13-18-35-30-29-34-17-7-8-21-37(34)47(35)43)45-27-14-24-40-39-22-9-11-25-42(39)51(49(40)45)36-19-5-2-6-20-36/h1-32H. The van der Waals surface area contributed by atoms with Crippen LogP contribution < -0.4 is 4.90 Å². The Hall–Kier alpha value is -7.10. The molecule has 0 aliphatic rings. The van der Waals surface area contributed by atoms with E-state index < -0.39 is 0 Å². The molecule has 53 heavy (non-hydrogen) atoms. The average Bonchev–Trinajstić information content (AvgIpc) is 3.79. The second-order valence-corrected chi connectivity index (χ2v) is 13.7. The molecule has 0 aliphatic carbocycles. The summed E-state index contributed by atoms with van der Waals surface area (Å²) in [7, 11) is 0. The molecule has 0 atom stereocenters. The molecule has 2 aromatic heterocycles. The number of furan rings is 1. The first-order valence-electron chi connectivity index (χ1n) is 18.1. The predicted octanol–water partition coefficient (Wildman–Crippen LogP) is 14.1. The van der Waals surface area contributed by atoms with Crippen molar-refractivity contribution >= 4 is 82.4 Å². The van der Waals surface area contributed by atoms with E-state index in [4.69, 9.17) is 4.42 Å². The highest BCUT2D eigenvalue weighted by Crippen LogP contribution is 2.50. The minimum Gasteiger partial charge on any atom is -0.455 e. The van der Waals surface area contributed by atoms with Gasteiger partial charge in [0.15, 0.2) is 0 Å². The van der Waals surface area contributed by atoms with Crippen molar-refractivity contribution in [3.63, 3.8) is 0 Å². The minimum absolute atomic E-state index is 0.868. The Balaban J connectivity index is 1.34. The molecule has 0 radical (unpaired) electrons. The number of hydrogen-bond donors (Lipinski definition) is 0. The molecule has 11 rings (SSSR count). The summed E-state index contributed by atoms with van der Waals surface area (Å²) in [4.78, 5) is 2.49. The quantitative estimate of drug-likeness (QED) is 0.169. The SMILES string of the molecule is c1ccc(-c2ccc(N(c3cccc4ccc5ccccc5c34)c3cccc4c5ccccc5n(-c5ccccc5)c34)c3c2oc2ccccc23)cc1. The minimum atomic E-state index is 0.868. The Kier molecular flexibility index (Phi) is 6.55. The molecule has 0 bridgehead atoms. The van der Waals surface area contributed by atoms with Crippen molar-refractivity contribution in [1.29, 1.82) is 0 Å². The van der Waals surface area contributed by atoms with Crippen molar-refractivity contribution in [3.8, 4) is 16.8 Å². The first-order chi connectivity index (χ1) is 26.3. The molecule has 248 valence electrons. The Bertz CT molecular complexity index is 3170. The third kappa shape index (κ3) is 4.47. The lowest BCUT2D eigenvalue weighted by atomic mass is 9.97. The van der Waals surface area contributed by atoms with Crippen LogP contribution in [0.5, 0.6) is 0 Å². The van der Waals surface area contributed by atoms with Crippen molar-refractivity contribution in [3.05, 3.63) is 194 Å². The van der Waals surface area contributed by atoms with E-state index in [0.717, 1.165) is 61.3 Å². The van der Waals surface area contributed by atoms with Gasteiger partial charge in [-0.2, -0.15) is 0 Å². The number of anilines is 3. The second kappa shape index (κ2) is 11.7. The second-order valence-electron chi connectivity index (χ2n) is 13.7. The van der Waals surface area contributed by atoms with E-state index in [2.05, 4.69) is 204 Å². The Morgan fingerprint density at radius 1 is 0.396 bits per heavy atom. The Labute approximate surface area is 306 Å². The summed E-state index contributed by atoms with van der Waals surface area (Å²) in [6.07, 6.45) is 0. The monoisotopic (exact) mass is 676 g/mol. The van der Waals surface area contributed by atoms with Crippen LogP contribution in [0.4, 0.5) is 17.1 Å². The molecule has 0 N–H and O–H groups in total. The van der Waals surface area contributed by atoms with Gasteiger partial charge in [-0.15, -0.1) is 0 Å². The summed E-state index contributed by atoms with van der Waals surface area (Å²) in [5, 5.41) is 9.41. The van der Waals surface area contributed by atoms with Gasteiger partial charge in [0.25, 0.3) is 0 Å². The summed E-state index contributed by atoms with van der Waals surface area (Å²) >= 11 is 0. The highest BCUT2D eigenvalue weighted by Gasteiger charge is 2.27. The Morgan fingerprint density at radius 2 is 1.02 bits per heavy atom. The van der Waals surface area contributed by atoms with Gasteiger partial charge in [-0.25, -0.2) is 0 Å². The maximum atomic E-state index is 6.85. The van der Waals surface area contributed by atoms with Crippen LogP contribution in [-0.4, -0.2) is 4.57 Å². The van der Waals surface area contributed by atoms with E-state index in [9.17, 15) is 0 Å². The molecular weight excluding hydrogens is 645 g/mol. The largest absolute Gasteiger partial charge is 0.455 e. The molecular formula is C50H32N2O. The van der Waals surface area contributed by atoms with Crippen LogP contribution in [0.1, 0.15) is 0 Å². The summed E-state index contributed by atoms with van der Waals surface area (Å²) < 4.78 is 9.28. The lowest BCUT2D eigenvalue weighted by molar-refractivity contribution is 0.670. The maximum absolute atomic E-state index is 6.85. The number of nitrogens with zero attached hydrogens (tertiary/aromatic N) is 2. The maximum Gasteiger partial charge on any atom is 0.145 e. The number of rotatable bonds is 5. The molecule has 9 aromatic carbocycles. The fourth-order valence-corrected chi connectivity index (χ4v) is 8.48. The molecule has 0 aliphatic heterocycles. The molecule has 0 fully saturated rings. The molecule has 2 heterocycles. The molecule has 11 aromatic rings. The number of hydrogen-bond acceptors (Lipinski definition) is 2. The van der Waals surface area contributed by atoms with Gasteiger partial charge in [0, 0.05) is 32.8 Å². The summed E-state index contributed by atoms with van der Waals surface area (Å²) in [5.41, 5.74) is 10.6. The lowest BCUT2D eigenvalue weighted by Crippen LogP contribution is -2.13. The van der Waals surface area contributed by atoms with Gasteiger partial charge in [0.1, 0.15) is 11.2 Å². The number of para-hydroxylation sites is 4. The van der Waals surface area contributed by atoms with Gasteiger partial charge in [0.05, 0.1) is 33.5 Å². The molecule has 0 unspecified atom stereocenters. The molecule has 0 saturated heterocycles. The Morgan fingerprint density at radius 3 is 1.89 bits per heavy atom. The number of fused-ring (bicyclic) bond motifs is 9. The van der Waals surface area contributed by atoms with Gasteiger partial charge >= 0.3 is 0 Å². The summed E-state index contributed by atoms with van der Waals surface area (Å²) in [6, 6.07) is 69.7. The van der Waals surface area contributed by atoms with E-state index >= 15 is 0 Å². The van der Waals surface area contributed by atoms with Crippen LogP contribution in [0.2, 0.25) is 0 Å². The zero-order valence-corrected chi connectivity index (χ0v) is 28.8. The fraction of sp³-hybridized carbons (Fsp3) is 0. The first-order valence-corrected chi connectivity index (χ1v) is 18.1. The third-order valence-corrected chi connectivity index (χ3v) is 10.7. The normalized spacial score (nSPS) is 11.8. The van der Waals surface area contributed by atoms with Crippen molar-refractivity contribution in [2.75, 3.05) is 4.90 Å². The van der Waals surface area contributed by atoms with Crippen molar-refractivity contribution in [2.24, 2.45) is 0 Å². The lowest BCUT2D eigenvalue weighted by Gasteiger charge is -2.29. The smallest absolute Gasteiger partial charge is 0.145 e. The molecule has 0 spiro atoms. The van der Waals surface area contributed by atoms with E-state index in [1.54, 1.807) is 0 Å². The van der Waals surface area contributed by atoms with Crippen LogP contribution in [-0.2, 0) is 0 Å². The molecule has 0 amide bonds. The van der Waals surface area contributed by atoms with E-state index in [1.165, 1.54) is 37.8 Å². The predicted molar refractivity (Wildman–Crippen MR) is 223 cm³/mol. The van der Waals surface area contributed by atoms with Gasteiger partial charge in [-0.1, -0.05) is 146 Å². The molecule has 3 heteroatoms. The van der Waals surface area contributed by atoms with Crippen LogP contribution in [0.3, 0.4) is 0 Å². The van der Waals surface area contributed by atoms with Crippen molar-refractivity contribution in [2.45, 2.75) is 0 Å². The van der Waals surface area contributed by atoms with Gasteiger partial charge in [-0.3, -0.25) is 0 Å². The first kappa shape index (κ1) is 29.6.